The minimum atomic E-state index is -0.500. The molecule has 1 amide bonds. The summed E-state index contributed by atoms with van der Waals surface area (Å²) in [6, 6.07) is 3.68. The van der Waals surface area contributed by atoms with Crippen LogP contribution in [0.3, 0.4) is 0 Å². The number of carbonyl (C=O) groups is 1. The van der Waals surface area contributed by atoms with E-state index in [-0.39, 0.29) is 29.5 Å². The fourth-order valence-corrected chi connectivity index (χ4v) is 4.85. The lowest BCUT2D eigenvalue weighted by Crippen LogP contribution is -2.49. The normalized spacial score (nSPS) is 26.8. The van der Waals surface area contributed by atoms with Gasteiger partial charge in [-0.25, -0.2) is 4.98 Å². The Morgan fingerprint density at radius 3 is 2.72 bits per heavy atom. The molecule has 1 saturated carbocycles. The summed E-state index contributed by atoms with van der Waals surface area (Å²) < 4.78 is 7.23. The lowest BCUT2D eigenvalue weighted by Gasteiger charge is -2.36. The molecule has 2 aromatic rings. The summed E-state index contributed by atoms with van der Waals surface area (Å²) in [5.41, 5.74) is -0.288. The number of morpholine rings is 1. The Kier molecular flexibility index (Phi) is 6.81. The fourth-order valence-electron chi connectivity index (χ4n) is 4.85. The van der Waals surface area contributed by atoms with Crippen molar-refractivity contribution in [3.8, 4) is 5.75 Å². The van der Waals surface area contributed by atoms with Crippen molar-refractivity contribution in [2.45, 2.75) is 71.2 Å². The van der Waals surface area contributed by atoms with E-state index in [2.05, 4.69) is 29.0 Å². The number of pyridine rings is 2. The number of rotatable bonds is 5. The van der Waals surface area contributed by atoms with Gasteiger partial charge < -0.3 is 15.2 Å². The molecule has 0 aromatic carbocycles. The van der Waals surface area contributed by atoms with Crippen LogP contribution >= 0.6 is 0 Å². The lowest BCUT2D eigenvalue weighted by molar-refractivity contribution is -0.0501. The minimum Gasteiger partial charge on any atom is -0.506 e. The Bertz CT molecular complexity index is 1030. The maximum atomic E-state index is 13.4. The third-order valence-electron chi connectivity index (χ3n) is 6.92. The van der Waals surface area contributed by atoms with E-state index in [9.17, 15) is 14.7 Å². The van der Waals surface area contributed by atoms with Crippen LogP contribution in [-0.2, 0) is 11.3 Å². The molecule has 32 heavy (non-hydrogen) atoms. The van der Waals surface area contributed by atoms with E-state index < -0.39 is 11.5 Å². The zero-order chi connectivity index (χ0) is 22.8. The van der Waals surface area contributed by atoms with Crippen molar-refractivity contribution in [2.75, 3.05) is 19.7 Å². The molecule has 4 rings (SSSR count). The van der Waals surface area contributed by atoms with E-state index in [0.29, 0.717) is 36.6 Å². The largest absolute Gasteiger partial charge is 0.506 e. The summed E-state index contributed by atoms with van der Waals surface area (Å²) in [6.45, 7) is 8.81. The van der Waals surface area contributed by atoms with E-state index in [0.717, 1.165) is 32.2 Å². The zero-order valence-corrected chi connectivity index (χ0v) is 19.2. The average molecular weight is 443 g/mol. The number of nitrogens with zero attached hydrogens (tertiary/aromatic N) is 3. The molecule has 8 nitrogen and oxygen atoms in total. The third kappa shape index (κ3) is 4.66. The molecule has 1 aliphatic carbocycles. The number of aromatic hydroxyl groups is 1. The first-order valence-electron chi connectivity index (χ1n) is 11.7. The van der Waals surface area contributed by atoms with Gasteiger partial charge in [0.15, 0.2) is 0 Å². The number of carbonyl (C=O) groups excluding carboxylic acids is 1. The molecule has 1 saturated heterocycles. The molecule has 174 valence electrons. The first-order valence-corrected chi connectivity index (χ1v) is 11.7. The van der Waals surface area contributed by atoms with Crippen molar-refractivity contribution in [2.24, 2.45) is 5.92 Å². The standard InChI is InChI=1S/C24H34N4O4/c1-15-6-8-18(9-7-15)26-23(30)20-21(29)19-5-4-10-25-22(19)28(24(20)31)12-11-27-13-17(3)32-14-16(27)2/h4-5,10,15-18,29H,6-9,11-14H2,1-3H3,(H,26,30)/t15-,16-,17-,18+/m0/s1. The fraction of sp³-hybridized carbons (Fsp3) is 0.625. The monoisotopic (exact) mass is 442 g/mol. The van der Waals surface area contributed by atoms with E-state index in [1.165, 1.54) is 4.57 Å². The molecule has 3 heterocycles. The number of aromatic nitrogens is 2. The molecule has 2 aliphatic rings. The van der Waals surface area contributed by atoms with Crippen LogP contribution in [0.4, 0.5) is 0 Å². The Morgan fingerprint density at radius 2 is 1.97 bits per heavy atom. The quantitative estimate of drug-likeness (QED) is 0.739. The Hall–Kier alpha value is -2.45. The highest BCUT2D eigenvalue weighted by Crippen LogP contribution is 2.27. The van der Waals surface area contributed by atoms with Crippen molar-refractivity contribution in [1.82, 2.24) is 19.8 Å². The van der Waals surface area contributed by atoms with Gasteiger partial charge in [0, 0.05) is 37.9 Å². The molecule has 1 aliphatic heterocycles. The van der Waals surface area contributed by atoms with Gasteiger partial charge in [-0.05, 0) is 57.6 Å². The molecule has 8 heteroatoms. The van der Waals surface area contributed by atoms with Gasteiger partial charge in [-0.15, -0.1) is 0 Å². The van der Waals surface area contributed by atoms with Crippen LogP contribution in [0.25, 0.3) is 11.0 Å². The van der Waals surface area contributed by atoms with Crippen LogP contribution in [0.1, 0.15) is 56.8 Å². The molecule has 2 fully saturated rings. The molecule has 2 N–H and O–H groups in total. The van der Waals surface area contributed by atoms with Crippen LogP contribution in [0.2, 0.25) is 0 Å². The predicted molar refractivity (Wildman–Crippen MR) is 123 cm³/mol. The lowest BCUT2D eigenvalue weighted by atomic mass is 9.87. The second kappa shape index (κ2) is 9.58. The first kappa shape index (κ1) is 22.7. The molecule has 2 atom stereocenters. The summed E-state index contributed by atoms with van der Waals surface area (Å²) in [5, 5.41) is 14.3. The summed E-state index contributed by atoms with van der Waals surface area (Å²) in [4.78, 5) is 33.2. The van der Waals surface area contributed by atoms with Gasteiger partial charge in [0.25, 0.3) is 11.5 Å². The summed E-state index contributed by atoms with van der Waals surface area (Å²) >= 11 is 0. The summed E-state index contributed by atoms with van der Waals surface area (Å²) in [6.07, 6.45) is 5.63. The van der Waals surface area contributed by atoms with Gasteiger partial charge in [-0.3, -0.25) is 19.1 Å². The van der Waals surface area contributed by atoms with Crippen LogP contribution in [0.15, 0.2) is 23.1 Å². The van der Waals surface area contributed by atoms with E-state index in [1.54, 1.807) is 18.3 Å². The first-order chi connectivity index (χ1) is 15.3. The predicted octanol–water partition coefficient (Wildman–Crippen LogP) is 2.52. The van der Waals surface area contributed by atoms with Gasteiger partial charge in [0.05, 0.1) is 18.1 Å². The number of hydrogen-bond acceptors (Lipinski definition) is 6. The minimum absolute atomic E-state index is 0.0335. The van der Waals surface area contributed by atoms with Gasteiger partial charge in [-0.2, -0.15) is 0 Å². The Balaban J connectivity index is 1.63. The number of nitrogens with one attached hydrogen (secondary N) is 1. The zero-order valence-electron chi connectivity index (χ0n) is 19.2. The number of fused-ring (bicyclic) bond motifs is 1. The van der Waals surface area contributed by atoms with Gasteiger partial charge in [0.2, 0.25) is 0 Å². The van der Waals surface area contributed by atoms with Crippen LogP contribution in [0.5, 0.6) is 5.75 Å². The summed E-state index contributed by atoms with van der Waals surface area (Å²) in [5.74, 6) is -0.130. The van der Waals surface area contributed by atoms with Crippen molar-refractivity contribution in [3.63, 3.8) is 0 Å². The highest BCUT2D eigenvalue weighted by molar-refractivity contribution is 6.01. The van der Waals surface area contributed by atoms with E-state index in [1.807, 2.05) is 6.92 Å². The van der Waals surface area contributed by atoms with Crippen molar-refractivity contribution < 1.29 is 14.6 Å². The number of ether oxygens (including phenoxy) is 1. The number of amides is 1. The highest BCUT2D eigenvalue weighted by atomic mass is 16.5. The topological polar surface area (TPSA) is 96.7 Å². The van der Waals surface area contributed by atoms with E-state index in [4.69, 9.17) is 4.74 Å². The molecule has 2 aromatic heterocycles. The third-order valence-corrected chi connectivity index (χ3v) is 6.92. The highest BCUT2D eigenvalue weighted by Gasteiger charge is 2.28. The SMILES string of the molecule is C[C@H]1CN(CCn2c(=O)c(C(=O)N[C@H]3CC[C@@H](C)CC3)c(O)c3cccnc32)[C@@H](C)CO1. The van der Waals surface area contributed by atoms with Gasteiger partial charge in [0.1, 0.15) is 17.0 Å². The van der Waals surface area contributed by atoms with E-state index >= 15 is 0 Å². The van der Waals surface area contributed by atoms with Gasteiger partial charge >= 0.3 is 0 Å². The Labute approximate surface area is 188 Å². The second-order valence-corrected chi connectivity index (χ2v) is 9.47. The second-order valence-electron chi connectivity index (χ2n) is 9.47. The van der Waals surface area contributed by atoms with Gasteiger partial charge in [-0.1, -0.05) is 6.92 Å². The molecule has 0 bridgehead atoms. The van der Waals surface area contributed by atoms with Crippen molar-refractivity contribution >= 4 is 16.9 Å². The maximum Gasteiger partial charge on any atom is 0.268 e. The smallest absolute Gasteiger partial charge is 0.268 e. The molecule has 0 radical (unpaired) electrons. The summed E-state index contributed by atoms with van der Waals surface area (Å²) in [7, 11) is 0. The van der Waals surface area contributed by atoms with Crippen LogP contribution in [-0.4, -0.2) is 63.3 Å². The van der Waals surface area contributed by atoms with Crippen LogP contribution in [0, 0.1) is 5.92 Å². The van der Waals surface area contributed by atoms with Crippen molar-refractivity contribution in [3.05, 3.63) is 34.2 Å². The van der Waals surface area contributed by atoms with Crippen molar-refractivity contribution in [1.29, 1.82) is 0 Å². The molecular weight excluding hydrogens is 408 g/mol. The van der Waals surface area contributed by atoms with Crippen LogP contribution < -0.4 is 10.9 Å². The molecule has 0 spiro atoms. The average Bonchev–Trinajstić information content (AvgIpc) is 2.77. The number of hydrogen-bond donors (Lipinski definition) is 2. The molecular formula is C24H34N4O4. The molecule has 0 unspecified atom stereocenters. The Morgan fingerprint density at radius 1 is 1.22 bits per heavy atom. The maximum absolute atomic E-state index is 13.4.